The molecule has 0 bridgehead atoms. The molecule has 2 heterocycles. The van der Waals surface area contributed by atoms with Crippen molar-refractivity contribution in [1.29, 1.82) is 0 Å². The molecule has 0 aliphatic carbocycles. The van der Waals surface area contributed by atoms with Crippen LogP contribution in [0.5, 0.6) is 0 Å². The number of aryl methyl sites for hydroxylation is 1. The van der Waals surface area contributed by atoms with Crippen LogP contribution in [0.2, 0.25) is 0 Å². The summed E-state index contributed by atoms with van der Waals surface area (Å²) >= 11 is 0. The number of hydrogen-bond donors (Lipinski definition) is 2. The molecule has 0 radical (unpaired) electrons. The Balaban J connectivity index is 1.84. The van der Waals surface area contributed by atoms with E-state index in [2.05, 4.69) is 15.6 Å². The van der Waals surface area contributed by atoms with Crippen LogP contribution in [0.25, 0.3) is 0 Å². The summed E-state index contributed by atoms with van der Waals surface area (Å²) in [5.74, 6) is -0.222. The summed E-state index contributed by atoms with van der Waals surface area (Å²) in [4.78, 5) is 23.8. The van der Waals surface area contributed by atoms with Gasteiger partial charge in [0.05, 0.1) is 25.3 Å². The zero-order valence-corrected chi connectivity index (χ0v) is 9.87. The summed E-state index contributed by atoms with van der Waals surface area (Å²) in [6, 6.07) is -0.361. The highest BCUT2D eigenvalue weighted by Crippen LogP contribution is 2.01. The van der Waals surface area contributed by atoms with E-state index >= 15 is 0 Å². The minimum Gasteiger partial charge on any atom is -0.396 e. The molecular weight excluding hydrogens is 238 g/mol. The van der Waals surface area contributed by atoms with Crippen LogP contribution in [0.4, 0.5) is 4.79 Å². The van der Waals surface area contributed by atoms with Crippen molar-refractivity contribution in [3.8, 4) is 0 Å². The van der Waals surface area contributed by atoms with Crippen LogP contribution in [0, 0.1) is 0 Å². The Bertz CT molecular complexity index is 428. The average Bonchev–Trinajstić information content (AvgIpc) is 2.93. The highest BCUT2D eigenvalue weighted by Gasteiger charge is 2.27. The molecule has 3 amide bonds. The lowest BCUT2D eigenvalue weighted by atomic mass is 10.3. The maximum absolute atomic E-state index is 11.3. The van der Waals surface area contributed by atoms with Crippen molar-refractivity contribution in [3.63, 3.8) is 0 Å². The molecule has 2 N–H and O–H groups in total. The highest BCUT2D eigenvalue weighted by atomic mass is 16.3. The van der Waals surface area contributed by atoms with Gasteiger partial charge in [-0.25, -0.2) is 4.79 Å². The topological polar surface area (TPSA) is 100 Å². The standard InChI is InChI=1S/C10H15N5O3/c16-5-1-2-8-7-14(13-12-8)3-4-15-9(17)6-11-10(15)18/h7,16H,1-6H2,(H,11,18). The average molecular weight is 253 g/mol. The predicted octanol–water partition coefficient (Wildman–Crippen LogP) is -1.25. The zero-order valence-electron chi connectivity index (χ0n) is 9.87. The predicted molar refractivity (Wildman–Crippen MR) is 60.5 cm³/mol. The van der Waals surface area contributed by atoms with E-state index in [-0.39, 0.29) is 31.6 Å². The Hall–Kier alpha value is -1.96. The van der Waals surface area contributed by atoms with Gasteiger partial charge >= 0.3 is 6.03 Å². The van der Waals surface area contributed by atoms with E-state index in [1.807, 2.05) is 0 Å². The minimum absolute atomic E-state index is 0.0674. The van der Waals surface area contributed by atoms with Crippen molar-refractivity contribution >= 4 is 11.9 Å². The minimum atomic E-state index is -0.361. The van der Waals surface area contributed by atoms with E-state index in [1.54, 1.807) is 10.9 Å². The fourth-order valence-corrected chi connectivity index (χ4v) is 1.71. The number of aromatic nitrogens is 3. The second-order valence-corrected chi connectivity index (χ2v) is 4.00. The van der Waals surface area contributed by atoms with Gasteiger partial charge in [-0.1, -0.05) is 5.21 Å². The van der Waals surface area contributed by atoms with E-state index in [4.69, 9.17) is 5.11 Å². The monoisotopic (exact) mass is 253 g/mol. The van der Waals surface area contributed by atoms with Crippen LogP contribution >= 0.6 is 0 Å². The Morgan fingerprint density at radius 1 is 1.39 bits per heavy atom. The van der Waals surface area contributed by atoms with Gasteiger partial charge in [0.15, 0.2) is 0 Å². The first-order valence-electron chi connectivity index (χ1n) is 5.79. The number of carbonyl (C=O) groups is 2. The molecule has 2 rings (SSSR count). The molecule has 18 heavy (non-hydrogen) atoms. The normalized spacial score (nSPS) is 15.3. The van der Waals surface area contributed by atoms with Gasteiger partial charge in [-0.05, 0) is 12.8 Å². The van der Waals surface area contributed by atoms with Gasteiger partial charge in [0, 0.05) is 12.8 Å². The zero-order chi connectivity index (χ0) is 13.0. The van der Waals surface area contributed by atoms with Crippen molar-refractivity contribution in [1.82, 2.24) is 25.2 Å². The molecule has 0 atom stereocenters. The largest absolute Gasteiger partial charge is 0.396 e. The van der Waals surface area contributed by atoms with E-state index in [0.717, 1.165) is 10.6 Å². The third-order valence-corrected chi connectivity index (χ3v) is 2.67. The van der Waals surface area contributed by atoms with Crippen molar-refractivity contribution < 1.29 is 14.7 Å². The fourth-order valence-electron chi connectivity index (χ4n) is 1.71. The van der Waals surface area contributed by atoms with Gasteiger partial charge in [0.1, 0.15) is 0 Å². The smallest absolute Gasteiger partial charge is 0.324 e. The molecule has 0 spiro atoms. The lowest BCUT2D eigenvalue weighted by Crippen LogP contribution is -2.33. The van der Waals surface area contributed by atoms with Crippen LogP contribution in [0.3, 0.4) is 0 Å². The van der Waals surface area contributed by atoms with Crippen LogP contribution in [0.15, 0.2) is 6.20 Å². The second-order valence-electron chi connectivity index (χ2n) is 4.00. The first kappa shape index (κ1) is 12.5. The quantitative estimate of drug-likeness (QED) is 0.617. The Kier molecular flexibility index (Phi) is 3.88. The van der Waals surface area contributed by atoms with Crippen LogP contribution < -0.4 is 5.32 Å². The van der Waals surface area contributed by atoms with Crippen molar-refractivity contribution in [2.24, 2.45) is 0 Å². The number of nitrogens with zero attached hydrogens (tertiary/aromatic N) is 4. The maximum atomic E-state index is 11.3. The Morgan fingerprint density at radius 2 is 2.22 bits per heavy atom. The molecular formula is C10H15N5O3. The fraction of sp³-hybridized carbons (Fsp3) is 0.600. The van der Waals surface area contributed by atoms with Gasteiger partial charge in [0.25, 0.3) is 0 Å². The second kappa shape index (κ2) is 5.58. The molecule has 1 aliphatic heterocycles. The van der Waals surface area contributed by atoms with E-state index in [0.29, 0.717) is 19.4 Å². The van der Waals surface area contributed by atoms with Gasteiger partial charge in [-0.15, -0.1) is 5.10 Å². The Labute approximate surface area is 104 Å². The van der Waals surface area contributed by atoms with Crippen molar-refractivity contribution in [2.75, 3.05) is 19.7 Å². The molecule has 0 aromatic carbocycles. The van der Waals surface area contributed by atoms with E-state index in [9.17, 15) is 9.59 Å². The van der Waals surface area contributed by atoms with Gasteiger partial charge in [-0.2, -0.15) is 0 Å². The number of urea groups is 1. The lowest BCUT2D eigenvalue weighted by Gasteiger charge is -2.11. The number of aliphatic hydroxyl groups excluding tert-OH is 1. The molecule has 0 unspecified atom stereocenters. The summed E-state index contributed by atoms with van der Waals surface area (Å²) in [6.45, 7) is 0.895. The summed E-state index contributed by atoms with van der Waals surface area (Å²) < 4.78 is 1.59. The number of carbonyl (C=O) groups excluding carboxylic acids is 2. The van der Waals surface area contributed by atoms with Crippen LogP contribution in [0.1, 0.15) is 12.1 Å². The molecule has 1 saturated heterocycles. The van der Waals surface area contributed by atoms with Crippen LogP contribution in [-0.4, -0.2) is 56.6 Å². The summed E-state index contributed by atoms with van der Waals surface area (Å²) in [5, 5.41) is 19.0. The lowest BCUT2D eigenvalue weighted by molar-refractivity contribution is -0.125. The van der Waals surface area contributed by atoms with E-state index < -0.39 is 0 Å². The number of rotatable bonds is 6. The molecule has 1 aromatic heterocycles. The highest BCUT2D eigenvalue weighted by molar-refractivity contribution is 6.01. The van der Waals surface area contributed by atoms with Crippen molar-refractivity contribution in [2.45, 2.75) is 19.4 Å². The molecule has 0 saturated carbocycles. The summed E-state index contributed by atoms with van der Waals surface area (Å²) in [5.41, 5.74) is 0.793. The number of amides is 3. The molecule has 1 fully saturated rings. The molecule has 98 valence electrons. The van der Waals surface area contributed by atoms with E-state index in [1.165, 1.54) is 0 Å². The van der Waals surface area contributed by atoms with Gasteiger partial charge < -0.3 is 10.4 Å². The van der Waals surface area contributed by atoms with Crippen LogP contribution in [-0.2, 0) is 17.8 Å². The third kappa shape index (κ3) is 2.83. The molecule has 1 aliphatic rings. The van der Waals surface area contributed by atoms with Gasteiger partial charge in [0.2, 0.25) is 5.91 Å². The van der Waals surface area contributed by atoms with Gasteiger partial charge in [-0.3, -0.25) is 14.4 Å². The molecule has 1 aromatic rings. The number of imide groups is 1. The first-order valence-corrected chi connectivity index (χ1v) is 5.79. The number of aliphatic hydroxyl groups is 1. The SMILES string of the molecule is O=C1CNC(=O)N1CCn1cc(CCCO)nn1. The number of nitrogens with one attached hydrogen (secondary N) is 1. The number of hydrogen-bond acceptors (Lipinski definition) is 5. The molecule has 8 heteroatoms. The summed E-state index contributed by atoms with van der Waals surface area (Å²) in [6.07, 6.45) is 3.07. The molecule has 8 nitrogen and oxygen atoms in total. The summed E-state index contributed by atoms with van der Waals surface area (Å²) in [7, 11) is 0. The maximum Gasteiger partial charge on any atom is 0.324 e. The first-order chi connectivity index (χ1) is 8.70. The van der Waals surface area contributed by atoms with Crippen molar-refractivity contribution in [3.05, 3.63) is 11.9 Å². The Morgan fingerprint density at radius 3 is 2.89 bits per heavy atom. The third-order valence-electron chi connectivity index (χ3n) is 2.67.